The lowest BCUT2D eigenvalue weighted by Crippen LogP contribution is -2.19. The van der Waals surface area contributed by atoms with Crippen LogP contribution >= 0.6 is 11.6 Å². The van der Waals surface area contributed by atoms with Gasteiger partial charge in [0, 0.05) is 29.0 Å². The molecular weight excluding hydrogens is 222 g/mol. The van der Waals surface area contributed by atoms with Gasteiger partial charge in [-0.2, -0.15) is 0 Å². The summed E-state index contributed by atoms with van der Waals surface area (Å²) < 4.78 is 0. The molecule has 1 aliphatic heterocycles. The number of nitrogens with one attached hydrogen (secondary N) is 2. The predicted molar refractivity (Wildman–Crippen MR) is 69.0 cm³/mol. The Bertz CT molecular complexity index is 450. The number of benzene rings is 1. The lowest BCUT2D eigenvalue weighted by molar-refractivity contribution is 0.829. The van der Waals surface area contributed by atoms with Gasteiger partial charge in [-0.05, 0) is 32.0 Å². The fraction of sp³-hybridized carbons (Fsp3) is 0.250. The summed E-state index contributed by atoms with van der Waals surface area (Å²) >= 11 is 5.96. The normalized spacial score (nSPS) is 16.6. The Morgan fingerprint density at radius 2 is 1.94 bits per heavy atom. The highest BCUT2D eigenvalue weighted by atomic mass is 35.5. The van der Waals surface area contributed by atoms with Gasteiger partial charge in [-0.3, -0.25) is 4.99 Å². The molecule has 16 heavy (non-hydrogen) atoms. The molecular formula is C12H14ClN3. The zero-order valence-corrected chi connectivity index (χ0v) is 10.0. The van der Waals surface area contributed by atoms with Crippen LogP contribution in [0.15, 0.2) is 35.6 Å². The number of amidine groups is 1. The van der Waals surface area contributed by atoms with E-state index in [2.05, 4.69) is 15.6 Å². The van der Waals surface area contributed by atoms with Crippen LogP contribution in [0.2, 0.25) is 5.02 Å². The molecule has 0 aromatic heterocycles. The first-order valence-electron chi connectivity index (χ1n) is 5.22. The number of hydrogen-bond acceptors (Lipinski definition) is 2. The molecule has 2 N–H and O–H groups in total. The van der Waals surface area contributed by atoms with E-state index in [1.165, 1.54) is 0 Å². The van der Waals surface area contributed by atoms with Crippen molar-refractivity contribution in [1.29, 1.82) is 0 Å². The van der Waals surface area contributed by atoms with Crippen molar-refractivity contribution < 1.29 is 0 Å². The molecule has 84 valence electrons. The SMILES string of the molecule is CC(C)N=C1NC=CNc2cc(Cl)ccc21. The first kappa shape index (κ1) is 11.0. The predicted octanol–water partition coefficient (Wildman–Crippen LogP) is 2.98. The molecule has 2 rings (SSSR count). The molecule has 1 heterocycles. The third-order valence-corrected chi connectivity index (χ3v) is 2.40. The highest BCUT2D eigenvalue weighted by molar-refractivity contribution is 6.31. The van der Waals surface area contributed by atoms with Crippen LogP contribution in [-0.2, 0) is 0 Å². The molecule has 0 radical (unpaired) electrons. The first-order valence-corrected chi connectivity index (χ1v) is 5.60. The highest BCUT2D eigenvalue weighted by Gasteiger charge is 2.11. The van der Waals surface area contributed by atoms with E-state index >= 15 is 0 Å². The number of halogens is 1. The van der Waals surface area contributed by atoms with Gasteiger partial charge in [-0.25, -0.2) is 0 Å². The van der Waals surface area contributed by atoms with Crippen LogP contribution in [0.25, 0.3) is 0 Å². The van der Waals surface area contributed by atoms with E-state index in [1.807, 2.05) is 44.4 Å². The van der Waals surface area contributed by atoms with E-state index in [9.17, 15) is 0 Å². The molecule has 0 amide bonds. The Balaban J connectivity index is 2.49. The summed E-state index contributed by atoms with van der Waals surface area (Å²) in [5.74, 6) is 0.864. The summed E-state index contributed by atoms with van der Waals surface area (Å²) in [6.45, 7) is 4.10. The number of anilines is 1. The Labute approximate surface area is 100 Å². The van der Waals surface area contributed by atoms with Gasteiger partial charge >= 0.3 is 0 Å². The van der Waals surface area contributed by atoms with Crippen LogP contribution in [-0.4, -0.2) is 11.9 Å². The van der Waals surface area contributed by atoms with Gasteiger partial charge in [-0.1, -0.05) is 11.6 Å². The summed E-state index contributed by atoms with van der Waals surface area (Å²) in [5.41, 5.74) is 2.00. The summed E-state index contributed by atoms with van der Waals surface area (Å²) in [6, 6.07) is 5.97. The minimum Gasteiger partial charge on any atom is -0.360 e. The molecule has 0 aliphatic carbocycles. The van der Waals surface area contributed by atoms with Gasteiger partial charge in [0.2, 0.25) is 0 Å². The van der Waals surface area contributed by atoms with E-state index < -0.39 is 0 Å². The topological polar surface area (TPSA) is 36.4 Å². The van der Waals surface area contributed by atoms with Gasteiger partial charge in [0.25, 0.3) is 0 Å². The number of nitrogens with zero attached hydrogens (tertiary/aromatic N) is 1. The van der Waals surface area contributed by atoms with Crippen LogP contribution in [0.1, 0.15) is 19.4 Å². The second-order valence-electron chi connectivity index (χ2n) is 3.88. The molecule has 1 aromatic carbocycles. The number of hydrogen-bond donors (Lipinski definition) is 2. The molecule has 4 heteroatoms. The van der Waals surface area contributed by atoms with E-state index in [4.69, 9.17) is 11.6 Å². The summed E-state index contributed by atoms with van der Waals surface area (Å²) in [5, 5.41) is 7.03. The van der Waals surface area contributed by atoms with Gasteiger partial charge in [-0.15, -0.1) is 0 Å². The number of fused-ring (bicyclic) bond motifs is 1. The lowest BCUT2D eigenvalue weighted by atomic mass is 10.1. The molecule has 0 unspecified atom stereocenters. The Morgan fingerprint density at radius 1 is 1.19 bits per heavy atom. The van der Waals surface area contributed by atoms with E-state index in [0.29, 0.717) is 5.02 Å². The first-order chi connectivity index (χ1) is 7.66. The average Bonchev–Trinajstić information content (AvgIpc) is 2.40. The minimum atomic E-state index is 0.248. The lowest BCUT2D eigenvalue weighted by Gasteiger charge is -2.10. The van der Waals surface area contributed by atoms with Gasteiger partial charge in [0.05, 0.1) is 5.69 Å². The zero-order valence-electron chi connectivity index (χ0n) is 9.29. The van der Waals surface area contributed by atoms with Crippen molar-refractivity contribution in [2.45, 2.75) is 19.9 Å². The standard InChI is InChI=1S/C12H14ClN3/c1-8(2)16-12-10-4-3-9(13)7-11(10)14-5-6-15-12/h3-8,14H,1-2H3,(H,15,16). The summed E-state index contributed by atoms with van der Waals surface area (Å²) in [7, 11) is 0. The van der Waals surface area contributed by atoms with Crippen LogP contribution in [0, 0.1) is 0 Å². The molecule has 0 fully saturated rings. The fourth-order valence-electron chi connectivity index (χ4n) is 1.54. The molecule has 0 saturated carbocycles. The van der Waals surface area contributed by atoms with Gasteiger partial charge in [0.15, 0.2) is 0 Å². The van der Waals surface area contributed by atoms with E-state index in [-0.39, 0.29) is 6.04 Å². The molecule has 1 aromatic rings. The molecule has 0 spiro atoms. The third-order valence-electron chi connectivity index (χ3n) is 2.17. The van der Waals surface area contributed by atoms with Crippen molar-refractivity contribution >= 4 is 23.1 Å². The molecule has 3 nitrogen and oxygen atoms in total. The number of rotatable bonds is 1. The van der Waals surface area contributed by atoms with Gasteiger partial charge < -0.3 is 10.6 Å². The van der Waals surface area contributed by atoms with Crippen LogP contribution in [0.3, 0.4) is 0 Å². The quantitative estimate of drug-likeness (QED) is 0.785. The molecule has 0 atom stereocenters. The smallest absolute Gasteiger partial charge is 0.134 e. The minimum absolute atomic E-state index is 0.248. The molecule has 0 bridgehead atoms. The van der Waals surface area contributed by atoms with Crippen molar-refractivity contribution in [3.63, 3.8) is 0 Å². The van der Waals surface area contributed by atoms with Crippen LogP contribution in [0.5, 0.6) is 0 Å². The Kier molecular flexibility index (Phi) is 3.15. The zero-order chi connectivity index (χ0) is 11.5. The van der Waals surface area contributed by atoms with Crippen molar-refractivity contribution in [2.24, 2.45) is 4.99 Å². The van der Waals surface area contributed by atoms with Crippen LogP contribution < -0.4 is 10.6 Å². The summed E-state index contributed by atoms with van der Waals surface area (Å²) in [4.78, 5) is 4.54. The Morgan fingerprint density at radius 3 is 2.69 bits per heavy atom. The summed E-state index contributed by atoms with van der Waals surface area (Å²) in [6.07, 6.45) is 3.66. The second kappa shape index (κ2) is 4.58. The maximum atomic E-state index is 5.96. The maximum Gasteiger partial charge on any atom is 0.134 e. The maximum absolute atomic E-state index is 5.96. The number of aliphatic imine (C=N–C) groups is 1. The fourth-order valence-corrected chi connectivity index (χ4v) is 1.71. The van der Waals surface area contributed by atoms with Crippen molar-refractivity contribution in [2.75, 3.05) is 5.32 Å². The van der Waals surface area contributed by atoms with E-state index in [0.717, 1.165) is 17.1 Å². The second-order valence-corrected chi connectivity index (χ2v) is 4.32. The van der Waals surface area contributed by atoms with Crippen molar-refractivity contribution in [3.8, 4) is 0 Å². The largest absolute Gasteiger partial charge is 0.360 e. The average molecular weight is 236 g/mol. The van der Waals surface area contributed by atoms with Crippen LogP contribution in [0.4, 0.5) is 5.69 Å². The monoisotopic (exact) mass is 235 g/mol. The van der Waals surface area contributed by atoms with E-state index in [1.54, 1.807) is 0 Å². The molecule has 1 aliphatic rings. The highest BCUT2D eigenvalue weighted by Crippen LogP contribution is 2.22. The van der Waals surface area contributed by atoms with Gasteiger partial charge in [0.1, 0.15) is 5.84 Å². The molecule has 0 saturated heterocycles. The van der Waals surface area contributed by atoms with Crippen molar-refractivity contribution in [3.05, 3.63) is 41.2 Å². The Hall–Kier alpha value is -1.48. The van der Waals surface area contributed by atoms with Crippen molar-refractivity contribution in [1.82, 2.24) is 5.32 Å². The third kappa shape index (κ3) is 2.36.